The summed E-state index contributed by atoms with van der Waals surface area (Å²) >= 11 is 0. The van der Waals surface area contributed by atoms with Gasteiger partial charge < -0.3 is 30.3 Å². The minimum Gasteiger partial charge on any atom is -0.490 e. The lowest BCUT2D eigenvalue weighted by molar-refractivity contribution is 0.0996. The molecule has 3 aromatic carbocycles. The van der Waals surface area contributed by atoms with E-state index in [1.165, 1.54) is 19.4 Å². The first-order chi connectivity index (χ1) is 19.4. The van der Waals surface area contributed by atoms with Gasteiger partial charge in [-0.05, 0) is 112 Å². The van der Waals surface area contributed by atoms with E-state index < -0.39 is 0 Å². The molecule has 0 spiro atoms. The number of amides is 3. The monoisotopic (exact) mass is 544 g/mol. The van der Waals surface area contributed by atoms with Crippen molar-refractivity contribution in [1.82, 2.24) is 10.2 Å². The first-order valence-corrected chi connectivity index (χ1v) is 14.1. The van der Waals surface area contributed by atoms with E-state index in [9.17, 15) is 9.59 Å². The molecular formula is C32H40N4O4. The van der Waals surface area contributed by atoms with E-state index in [1.807, 2.05) is 26.0 Å². The summed E-state index contributed by atoms with van der Waals surface area (Å²) in [6, 6.07) is 21.4. The summed E-state index contributed by atoms with van der Waals surface area (Å²) in [7, 11) is 0. The summed E-state index contributed by atoms with van der Waals surface area (Å²) in [5.74, 6) is 1.88. The van der Waals surface area contributed by atoms with Crippen molar-refractivity contribution in [2.45, 2.75) is 58.6 Å². The van der Waals surface area contributed by atoms with Crippen molar-refractivity contribution in [1.29, 1.82) is 0 Å². The van der Waals surface area contributed by atoms with Crippen LogP contribution in [0.4, 0.5) is 16.2 Å². The first-order valence-electron chi connectivity index (χ1n) is 14.1. The number of hydrogen-bond acceptors (Lipinski definition) is 5. The second-order valence-electron chi connectivity index (χ2n) is 10.4. The van der Waals surface area contributed by atoms with Crippen molar-refractivity contribution >= 4 is 23.3 Å². The van der Waals surface area contributed by atoms with E-state index in [4.69, 9.17) is 9.47 Å². The largest absolute Gasteiger partial charge is 0.490 e. The van der Waals surface area contributed by atoms with Crippen LogP contribution in [0, 0.1) is 0 Å². The highest BCUT2D eigenvalue weighted by Gasteiger charge is 2.20. The molecule has 0 bridgehead atoms. The Balaban J connectivity index is 1.22. The second kappa shape index (κ2) is 14.4. The van der Waals surface area contributed by atoms with Crippen molar-refractivity contribution in [3.05, 3.63) is 78.4 Å². The quantitative estimate of drug-likeness (QED) is 0.244. The normalized spacial score (nSPS) is 14.0. The highest BCUT2D eigenvalue weighted by molar-refractivity contribution is 6.04. The molecule has 1 saturated heterocycles. The van der Waals surface area contributed by atoms with Gasteiger partial charge in [0.15, 0.2) is 0 Å². The number of urea groups is 1. The average molecular weight is 545 g/mol. The van der Waals surface area contributed by atoms with E-state index in [0.29, 0.717) is 28.4 Å². The molecule has 0 radical (unpaired) electrons. The molecule has 8 nitrogen and oxygen atoms in total. The highest BCUT2D eigenvalue weighted by Crippen LogP contribution is 2.25. The number of likely N-dealkylation sites (tertiary alicyclic amines) is 1. The lowest BCUT2D eigenvalue weighted by Gasteiger charge is -2.32. The summed E-state index contributed by atoms with van der Waals surface area (Å²) in [6.07, 6.45) is 4.77. The molecular weight excluding hydrogens is 504 g/mol. The smallest absolute Gasteiger partial charge is 0.319 e. The molecule has 3 aromatic rings. The number of anilines is 2. The third kappa shape index (κ3) is 9.02. The van der Waals surface area contributed by atoms with Crippen LogP contribution in [0.1, 0.15) is 56.8 Å². The fourth-order valence-electron chi connectivity index (χ4n) is 4.49. The van der Waals surface area contributed by atoms with Gasteiger partial charge in [0.25, 0.3) is 5.91 Å². The Morgan fingerprint density at radius 3 is 1.93 bits per heavy atom. The van der Waals surface area contributed by atoms with Gasteiger partial charge in [-0.25, -0.2) is 4.79 Å². The fraction of sp³-hybridized carbons (Fsp3) is 0.375. The number of piperidine rings is 1. The van der Waals surface area contributed by atoms with Crippen LogP contribution in [-0.4, -0.2) is 48.6 Å². The molecule has 3 amide bonds. The van der Waals surface area contributed by atoms with Crippen molar-refractivity contribution in [3.63, 3.8) is 0 Å². The SMILES string of the molecule is CCCCN1CCC(Oc2ccc(C(=O)Nc3ccc(Oc4ccc(NC(=O)NC(C)C)cc4)cc3)cc2)CC1. The molecule has 0 unspecified atom stereocenters. The van der Waals surface area contributed by atoms with Crippen LogP contribution in [-0.2, 0) is 0 Å². The number of rotatable bonds is 11. The molecule has 212 valence electrons. The summed E-state index contributed by atoms with van der Waals surface area (Å²) in [5.41, 5.74) is 1.91. The number of nitrogens with one attached hydrogen (secondary N) is 3. The van der Waals surface area contributed by atoms with Crippen molar-refractivity contribution in [3.8, 4) is 17.2 Å². The minimum absolute atomic E-state index is 0.0591. The van der Waals surface area contributed by atoms with Gasteiger partial charge in [0.1, 0.15) is 23.4 Å². The molecule has 1 aliphatic rings. The Labute approximate surface area is 237 Å². The number of ether oxygens (including phenoxy) is 2. The fourth-order valence-corrected chi connectivity index (χ4v) is 4.49. The van der Waals surface area contributed by atoms with Crippen LogP contribution in [0.3, 0.4) is 0 Å². The number of hydrogen-bond donors (Lipinski definition) is 3. The summed E-state index contributed by atoms with van der Waals surface area (Å²) < 4.78 is 12.1. The van der Waals surface area contributed by atoms with E-state index in [2.05, 4.69) is 27.8 Å². The van der Waals surface area contributed by atoms with Gasteiger partial charge in [0.2, 0.25) is 0 Å². The predicted octanol–water partition coefficient (Wildman–Crippen LogP) is 6.90. The van der Waals surface area contributed by atoms with Crippen LogP contribution < -0.4 is 25.4 Å². The van der Waals surface area contributed by atoms with Gasteiger partial charge >= 0.3 is 6.03 Å². The average Bonchev–Trinajstić information content (AvgIpc) is 2.95. The second-order valence-corrected chi connectivity index (χ2v) is 10.4. The molecule has 4 rings (SSSR count). The van der Waals surface area contributed by atoms with E-state index in [1.54, 1.807) is 60.7 Å². The van der Waals surface area contributed by atoms with Gasteiger partial charge in [-0.3, -0.25) is 4.79 Å². The molecule has 1 aliphatic heterocycles. The minimum atomic E-state index is -0.251. The Bertz CT molecular complexity index is 1220. The zero-order valence-corrected chi connectivity index (χ0v) is 23.6. The highest BCUT2D eigenvalue weighted by atomic mass is 16.5. The van der Waals surface area contributed by atoms with Crippen molar-refractivity contribution in [2.75, 3.05) is 30.3 Å². The van der Waals surface area contributed by atoms with E-state index >= 15 is 0 Å². The zero-order valence-electron chi connectivity index (χ0n) is 23.6. The maximum Gasteiger partial charge on any atom is 0.319 e. The number of unbranched alkanes of at least 4 members (excludes halogenated alkanes) is 1. The van der Waals surface area contributed by atoms with Crippen LogP contribution >= 0.6 is 0 Å². The van der Waals surface area contributed by atoms with Crippen molar-refractivity contribution in [2.24, 2.45) is 0 Å². The van der Waals surface area contributed by atoms with Crippen LogP contribution in [0.2, 0.25) is 0 Å². The van der Waals surface area contributed by atoms with Gasteiger partial charge in [0, 0.05) is 36.1 Å². The Kier molecular flexibility index (Phi) is 10.4. The summed E-state index contributed by atoms with van der Waals surface area (Å²) in [5, 5.41) is 8.48. The van der Waals surface area contributed by atoms with Crippen LogP contribution in [0.15, 0.2) is 72.8 Å². The van der Waals surface area contributed by atoms with Gasteiger partial charge in [-0.2, -0.15) is 0 Å². The Morgan fingerprint density at radius 1 is 0.825 bits per heavy atom. The Hall–Kier alpha value is -4.04. The van der Waals surface area contributed by atoms with Gasteiger partial charge in [-0.1, -0.05) is 13.3 Å². The zero-order chi connectivity index (χ0) is 28.3. The predicted molar refractivity (Wildman–Crippen MR) is 160 cm³/mol. The molecule has 3 N–H and O–H groups in total. The number of nitrogens with zero attached hydrogens (tertiary/aromatic N) is 1. The van der Waals surface area contributed by atoms with Crippen LogP contribution in [0.5, 0.6) is 17.2 Å². The van der Waals surface area contributed by atoms with E-state index in [-0.39, 0.29) is 24.1 Å². The number of benzene rings is 3. The Morgan fingerprint density at radius 2 is 1.38 bits per heavy atom. The lowest BCUT2D eigenvalue weighted by atomic mass is 10.1. The standard InChI is InChI=1S/C32H40N4O4/c1-4-5-20-36-21-18-30(19-22-36)40-27-12-6-24(7-13-27)31(37)34-25-8-14-28(15-9-25)39-29-16-10-26(11-17-29)35-32(38)33-23(2)3/h6-17,23,30H,4-5,18-22H2,1-3H3,(H,34,37)(H2,33,35,38). The van der Waals surface area contributed by atoms with Crippen molar-refractivity contribution < 1.29 is 19.1 Å². The van der Waals surface area contributed by atoms with Gasteiger partial charge in [-0.15, -0.1) is 0 Å². The molecule has 1 fully saturated rings. The maximum atomic E-state index is 12.8. The van der Waals surface area contributed by atoms with Gasteiger partial charge in [0.05, 0.1) is 0 Å². The number of carbonyl (C=O) groups excluding carboxylic acids is 2. The topological polar surface area (TPSA) is 91.9 Å². The third-order valence-electron chi connectivity index (χ3n) is 6.66. The number of carbonyl (C=O) groups is 2. The molecule has 0 aromatic heterocycles. The lowest BCUT2D eigenvalue weighted by Crippen LogP contribution is -2.38. The molecule has 8 heteroatoms. The van der Waals surface area contributed by atoms with E-state index in [0.717, 1.165) is 31.7 Å². The molecule has 1 heterocycles. The third-order valence-corrected chi connectivity index (χ3v) is 6.66. The first kappa shape index (κ1) is 29.0. The van der Waals surface area contributed by atoms with Crippen LogP contribution in [0.25, 0.3) is 0 Å². The molecule has 0 atom stereocenters. The molecule has 0 saturated carbocycles. The summed E-state index contributed by atoms with van der Waals surface area (Å²) in [6.45, 7) is 9.37. The maximum absolute atomic E-state index is 12.8. The summed E-state index contributed by atoms with van der Waals surface area (Å²) in [4.78, 5) is 27.1. The molecule has 40 heavy (non-hydrogen) atoms. The molecule has 0 aliphatic carbocycles.